The Hall–Kier alpha value is -1.14. The number of carbonyl (C=O) groups is 2. The van der Waals surface area contributed by atoms with Gasteiger partial charge in [-0.2, -0.15) is 0 Å². The number of hydrogen-bond acceptors (Lipinski definition) is 4. The van der Waals surface area contributed by atoms with E-state index in [2.05, 4.69) is 10.6 Å². The second-order valence-corrected chi connectivity index (χ2v) is 5.65. The average Bonchev–Trinajstić information content (AvgIpc) is 2.26. The van der Waals surface area contributed by atoms with Gasteiger partial charge in [-0.15, -0.1) is 0 Å². The van der Waals surface area contributed by atoms with E-state index in [0.717, 1.165) is 0 Å². The van der Waals surface area contributed by atoms with Gasteiger partial charge in [0.1, 0.15) is 5.54 Å². The summed E-state index contributed by atoms with van der Waals surface area (Å²) in [5, 5.41) is 14.9. The fourth-order valence-corrected chi connectivity index (χ4v) is 1.77. The van der Waals surface area contributed by atoms with Gasteiger partial charge in [0.15, 0.2) is 0 Å². The van der Waals surface area contributed by atoms with Gasteiger partial charge in [0, 0.05) is 31.6 Å². The van der Waals surface area contributed by atoms with Gasteiger partial charge in [-0.3, -0.25) is 4.79 Å². The minimum Gasteiger partial charge on any atom is -0.480 e. The van der Waals surface area contributed by atoms with E-state index in [1.165, 1.54) is 0 Å². The molecule has 3 N–H and O–H groups in total. The lowest BCUT2D eigenvalue weighted by Gasteiger charge is -2.34. The quantitative estimate of drug-likeness (QED) is 0.667. The Bertz CT molecular complexity index is 317. The first-order valence-electron chi connectivity index (χ1n) is 6.12. The lowest BCUT2D eigenvalue weighted by molar-refractivity contribution is -0.152. The third-order valence-corrected chi connectivity index (χ3v) is 2.91. The lowest BCUT2D eigenvalue weighted by Crippen LogP contribution is -2.59. The van der Waals surface area contributed by atoms with Crippen molar-refractivity contribution in [3.63, 3.8) is 0 Å². The van der Waals surface area contributed by atoms with E-state index < -0.39 is 11.5 Å². The molecule has 0 bridgehead atoms. The Morgan fingerprint density at radius 3 is 2.28 bits per heavy atom. The van der Waals surface area contributed by atoms with E-state index in [1.807, 2.05) is 20.8 Å². The van der Waals surface area contributed by atoms with E-state index >= 15 is 0 Å². The SMILES string of the molecule is CC(C)(C)NCC(=O)NC1(C(=O)O)CCOCC1. The summed E-state index contributed by atoms with van der Waals surface area (Å²) in [6.45, 7) is 6.67. The molecular weight excluding hydrogens is 236 g/mol. The molecule has 104 valence electrons. The zero-order chi connectivity index (χ0) is 13.8. The number of amides is 1. The third kappa shape index (κ3) is 4.27. The fourth-order valence-electron chi connectivity index (χ4n) is 1.77. The Balaban J connectivity index is 2.56. The van der Waals surface area contributed by atoms with Crippen molar-refractivity contribution in [2.45, 2.75) is 44.7 Å². The van der Waals surface area contributed by atoms with Crippen LogP contribution in [0.3, 0.4) is 0 Å². The molecule has 1 amide bonds. The van der Waals surface area contributed by atoms with Crippen LogP contribution in [0, 0.1) is 0 Å². The second kappa shape index (κ2) is 5.67. The van der Waals surface area contributed by atoms with Crippen molar-refractivity contribution in [3.8, 4) is 0 Å². The lowest BCUT2D eigenvalue weighted by atomic mass is 9.90. The Morgan fingerprint density at radius 1 is 1.28 bits per heavy atom. The van der Waals surface area contributed by atoms with E-state index in [0.29, 0.717) is 26.1 Å². The molecule has 0 saturated carbocycles. The van der Waals surface area contributed by atoms with Crippen LogP contribution in [0.4, 0.5) is 0 Å². The Morgan fingerprint density at radius 2 is 1.83 bits per heavy atom. The zero-order valence-electron chi connectivity index (χ0n) is 11.2. The van der Waals surface area contributed by atoms with Crippen LogP contribution in [-0.4, -0.2) is 47.8 Å². The summed E-state index contributed by atoms with van der Waals surface area (Å²) in [7, 11) is 0. The molecule has 0 aromatic heterocycles. The molecule has 0 aromatic carbocycles. The van der Waals surface area contributed by atoms with E-state index in [1.54, 1.807) is 0 Å². The fraction of sp³-hybridized carbons (Fsp3) is 0.833. The van der Waals surface area contributed by atoms with E-state index in [-0.39, 0.29) is 18.0 Å². The van der Waals surface area contributed by atoms with Gasteiger partial charge in [0.05, 0.1) is 6.54 Å². The van der Waals surface area contributed by atoms with Crippen LogP contribution in [0.1, 0.15) is 33.6 Å². The van der Waals surface area contributed by atoms with Gasteiger partial charge < -0.3 is 20.5 Å². The molecule has 0 unspecified atom stereocenters. The van der Waals surface area contributed by atoms with Crippen LogP contribution in [0.2, 0.25) is 0 Å². The van der Waals surface area contributed by atoms with Crippen molar-refractivity contribution in [2.75, 3.05) is 19.8 Å². The van der Waals surface area contributed by atoms with Crippen LogP contribution in [-0.2, 0) is 14.3 Å². The highest BCUT2D eigenvalue weighted by Gasteiger charge is 2.41. The molecule has 0 aliphatic carbocycles. The molecule has 0 atom stereocenters. The monoisotopic (exact) mass is 258 g/mol. The molecule has 1 heterocycles. The summed E-state index contributed by atoms with van der Waals surface area (Å²) in [4.78, 5) is 23.1. The molecule has 6 nitrogen and oxygen atoms in total. The number of aliphatic carboxylic acids is 1. The first-order valence-corrected chi connectivity index (χ1v) is 6.12. The number of nitrogens with one attached hydrogen (secondary N) is 2. The highest BCUT2D eigenvalue weighted by molar-refractivity contribution is 5.88. The summed E-state index contributed by atoms with van der Waals surface area (Å²) in [5.41, 5.74) is -1.35. The minimum atomic E-state index is -1.17. The third-order valence-electron chi connectivity index (χ3n) is 2.91. The van der Waals surface area contributed by atoms with Crippen LogP contribution in [0.5, 0.6) is 0 Å². The maximum atomic E-state index is 11.8. The average molecular weight is 258 g/mol. The molecule has 0 spiro atoms. The summed E-state index contributed by atoms with van der Waals surface area (Å²) >= 11 is 0. The molecular formula is C12H22N2O4. The first kappa shape index (κ1) is 14.9. The Labute approximate surface area is 107 Å². The Kier molecular flexibility index (Phi) is 4.70. The van der Waals surface area contributed by atoms with Gasteiger partial charge in [-0.1, -0.05) is 0 Å². The van der Waals surface area contributed by atoms with Crippen LogP contribution in [0.15, 0.2) is 0 Å². The number of carbonyl (C=O) groups excluding carboxylic acids is 1. The molecule has 0 radical (unpaired) electrons. The zero-order valence-corrected chi connectivity index (χ0v) is 11.2. The summed E-state index contributed by atoms with van der Waals surface area (Å²) in [6.07, 6.45) is 0.618. The first-order chi connectivity index (χ1) is 8.25. The topological polar surface area (TPSA) is 87.7 Å². The molecule has 6 heteroatoms. The van der Waals surface area contributed by atoms with Gasteiger partial charge in [0.25, 0.3) is 0 Å². The maximum absolute atomic E-state index is 11.8. The molecule has 0 aromatic rings. The van der Waals surface area contributed by atoms with E-state index in [9.17, 15) is 14.7 Å². The van der Waals surface area contributed by atoms with Gasteiger partial charge in [0.2, 0.25) is 5.91 Å². The van der Waals surface area contributed by atoms with Crippen LogP contribution >= 0.6 is 0 Å². The summed E-state index contributed by atoms with van der Waals surface area (Å²) in [5.74, 6) is -1.29. The predicted octanol–water partition coefficient (Wildman–Crippen LogP) is 0.125. The second-order valence-electron chi connectivity index (χ2n) is 5.65. The largest absolute Gasteiger partial charge is 0.480 e. The molecule has 1 fully saturated rings. The molecule has 18 heavy (non-hydrogen) atoms. The smallest absolute Gasteiger partial charge is 0.329 e. The molecule has 1 aliphatic rings. The number of carboxylic acid groups (broad SMARTS) is 1. The van der Waals surface area contributed by atoms with Crippen molar-refractivity contribution in [1.82, 2.24) is 10.6 Å². The van der Waals surface area contributed by atoms with Gasteiger partial charge >= 0.3 is 5.97 Å². The van der Waals surface area contributed by atoms with Crippen molar-refractivity contribution < 1.29 is 19.4 Å². The number of hydrogen-bond donors (Lipinski definition) is 3. The summed E-state index contributed by atoms with van der Waals surface area (Å²) < 4.78 is 5.14. The van der Waals surface area contributed by atoms with Crippen LogP contribution in [0.25, 0.3) is 0 Å². The maximum Gasteiger partial charge on any atom is 0.329 e. The van der Waals surface area contributed by atoms with Gasteiger partial charge in [-0.05, 0) is 20.8 Å². The summed E-state index contributed by atoms with van der Waals surface area (Å²) in [6, 6.07) is 0. The number of rotatable bonds is 4. The highest BCUT2D eigenvalue weighted by atomic mass is 16.5. The van der Waals surface area contributed by atoms with Crippen molar-refractivity contribution in [2.24, 2.45) is 0 Å². The standard InChI is InChI=1S/C12H22N2O4/c1-11(2,3)13-8-9(15)14-12(10(16)17)4-6-18-7-5-12/h13H,4-8H2,1-3H3,(H,14,15)(H,16,17). The van der Waals surface area contributed by atoms with Crippen molar-refractivity contribution >= 4 is 11.9 Å². The van der Waals surface area contributed by atoms with Crippen molar-refractivity contribution in [3.05, 3.63) is 0 Å². The minimum absolute atomic E-state index is 0.111. The van der Waals surface area contributed by atoms with Crippen LogP contribution < -0.4 is 10.6 Å². The molecule has 1 saturated heterocycles. The predicted molar refractivity (Wildman–Crippen MR) is 66.3 cm³/mol. The molecule has 1 rings (SSSR count). The molecule has 1 aliphatic heterocycles. The normalized spacial score (nSPS) is 19.3. The highest BCUT2D eigenvalue weighted by Crippen LogP contribution is 2.20. The van der Waals surface area contributed by atoms with E-state index in [4.69, 9.17) is 4.74 Å². The number of carboxylic acids is 1. The number of ether oxygens (including phenoxy) is 1. The van der Waals surface area contributed by atoms with Crippen molar-refractivity contribution in [1.29, 1.82) is 0 Å². The van der Waals surface area contributed by atoms with Gasteiger partial charge in [-0.25, -0.2) is 4.79 Å².